The lowest BCUT2D eigenvalue weighted by Gasteiger charge is -2.34. The lowest BCUT2D eigenvalue weighted by atomic mass is 9.95. The van der Waals surface area contributed by atoms with Gasteiger partial charge >= 0.3 is 0 Å². The number of amides is 1. The maximum absolute atomic E-state index is 12.6. The highest BCUT2D eigenvalue weighted by Gasteiger charge is 2.31. The van der Waals surface area contributed by atoms with Gasteiger partial charge in [-0.3, -0.25) is 4.79 Å². The van der Waals surface area contributed by atoms with Crippen molar-refractivity contribution < 1.29 is 9.53 Å². The molecule has 2 aromatic rings. The van der Waals surface area contributed by atoms with E-state index in [0.717, 1.165) is 63.4 Å². The summed E-state index contributed by atoms with van der Waals surface area (Å²) in [5, 5.41) is 0. The molecule has 0 N–H and O–H groups in total. The molecule has 0 bridgehead atoms. The number of ether oxygens (including phenoxy) is 1. The largest absolute Gasteiger partial charge is 0.436 e. The van der Waals surface area contributed by atoms with Crippen LogP contribution in [0.2, 0.25) is 0 Å². The van der Waals surface area contributed by atoms with Crippen LogP contribution in [0.5, 0.6) is 11.6 Å². The molecule has 0 saturated carbocycles. The van der Waals surface area contributed by atoms with Crippen molar-refractivity contribution in [2.24, 2.45) is 5.92 Å². The van der Waals surface area contributed by atoms with Crippen molar-refractivity contribution in [3.63, 3.8) is 0 Å². The van der Waals surface area contributed by atoms with Crippen LogP contribution in [-0.4, -0.2) is 47.0 Å². The molecule has 1 aromatic heterocycles. The van der Waals surface area contributed by atoms with Crippen LogP contribution in [0.15, 0.2) is 42.7 Å². The van der Waals surface area contributed by atoms with E-state index in [-0.39, 0.29) is 5.92 Å². The molecule has 3 heterocycles. The fraction of sp³-hybridized carbons (Fsp3) is 0.450. The van der Waals surface area contributed by atoms with Gasteiger partial charge in [-0.2, -0.15) is 0 Å². The number of rotatable bonds is 4. The summed E-state index contributed by atoms with van der Waals surface area (Å²) in [5.41, 5.74) is 0. The first-order valence-corrected chi connectivity index (χ1v) is 9.39. The van der Waals surface area contributed by atoms with E-state index in [4.69, 9.17) is 4.74 Å². The third-order valence-electron chi connectivity index (χ3n) is 5.17. The van der Waals surface area contributed by atoms with Gasteiger partial charge in [-0.15, -0.1) is 0 Å². The Bertz CT molecular complexity index is 738. The molecule has 6 heteroatoms. The summed E-state index contributed by atoms with van der Waals surface area (Å²) in [4.78, 5) is 25.7. The van der Waals surface area contributed by atoms with Crippen LogP contribution in [0.3, 0.4) is 0 Å². The van der Waals surface area contributed by atoms with Gasteiger partial charge in [-0.25, -0.2) is 9.97 Å². The van der Waals surface area contributed by atoms with Gasteiger partial charge in [-0.05, 0) is 37.8 Å². The third-order valence-corrected chi connectivity index (χ3v) is 5.17. The predicted octanol–water partition coefficient (Wildman–Crippen LogP) is 3.11. The van der Waals surface area contributed by atoms with Crippen molar-refractivity contribution in [3.8, 4) is 11.6 Å². The number of carbonyl (C=O) groups is 1. The van der Waals surface area contributed by atoms with Gasteiger partial charge in [0.1, 0.15) is 5.75 Å². The second-order valence-electron chi connectivity index (χ2n) is 6.89. The van der Waals surface area contributed by atoms with Crippen molar-refractivity contribution in [3.05, 3.63) is 42.7 Å². The Labute approximate surface area is 153 Å². The zero-order chi connectivity index (χ0) is 17.8. The Kier molecular flexibility index (Phi) is 5.00. The van der Waals surface area contributed by atoms with E-state index in [1.165, 1.54) is 0 Å². The minimum atomic E-state index is 0.138. The van der Waals surface area contributed by atoms with E-state index < -0.39 is 0 Å². The number of benzene rings is 1. The highest BCUT2D eigenvalue weighted by atomic mass is 16.5. The fourth-order valence-corrected chi connectivity index (χ4v) is 3.74. The number of likely N-dealkylation sites (tertiary alicyclic amines) is 1. The van der Waals surface area contributed by atoms with Crippen LogP contribution in [0.4, 0.5) is 5.82 Å². The van der Waals surface area contributed by atoms with Gasteiger partial charge in [-0.1, -0.05) is 18.2 Å². The summed E-state index contributed by atoms with van der Waals surface area (Å²) < 4.78 is 5.93. The first kappa shape index (κ1) is 16.8. The number of nitrogens with zero attached hydrogens (tertiary/aromatic N) is 4. The second-order valence-corrected chi connectivity index (χ2v) is 6.89. The quantitative estimate of drug-likeness (QED) is 0.846. The Balaban J connectivity index is 1.42. The van der Waals surface area contributed by atoms with E-state index in [1.54, 1.807) is 12.4 Å². The molecule has 2 saturated heterocycles. The lowest BCUT2D eigenvalue weighted by Crippen LogP contribution is -2.42. The number of piperidine rings is 1. The van der Waals surface area contributed by atoms with E-state index in [9.17, 15) is 4.79 Å². The molecule has 4 rings (SSSR count). The Morgan fingerprint density at radius 1 is 0.962 bits per heavy atom. The van der Waals surface area contributed by atoms with Crippen molar-refractivity contribution >= 4 is 11.7 Å². The van der Waals surface area contributed by atoms with E-state index in [2.05, 4.69) is 14.9 Å². The molecule has 6 nitrogen and oxygen atoms in total. The number of hydrogen-bond donors (Lipinski definition) is 0. The summed E-state index contributed by atoms with van der Waals surface area (Å²) in [6.07, 6.45) is 7.34. The van der Waals surface area contributed by atoms with Crippen molar-refractivity contribution in [1.29, 1.82) is 0 Å². The number of para-hydroxylation sites is 1. The molecule has 1 aromatic carbocycles. The maximum Gasteiger partial charge on any atom is 0.263 e. The SMILES string of the molecule is O=C(C1CCN(c2nccnc2Oc2ccccc2)CC1)N1CCCC1. The average molecular weight is 352 g/mol. The first-order chi connectivity index (χ1) is 12.8. The molecule has 2 aliphatic rings. The summed E-state index contributed by atoms with van der Waals surface area (Å²) in [6.45, 7) is 3.46. The molecule has 2 aliphatic heterocycles. The number of anilines is 1. The zero-order valence-corrected chi connectivity index (χ0v) is 14.9. The van der Waals surface area contributed by atoms with Gasteiger partial charge in [0, 0.05) is 44.5 Å². The summed E-state index contributed by atoms with van der Waals surface area (Å²) >= 11 is 0. The number of carbonyl (C=O) groups excluding carboxylic acids is 1. The normalized spacial score (nSPS) is 18.2. The first-order valence-electron chi connectivity index (χ1n) is 9.39. The molecule has 136 valence electrons. The van der Waals surface area contributed by atoms with E-state index in [0.29, 0.717) is 11.8 Å². The van der Waals surface area contributed by atoms with Crippen LogP contribution in [0, 0.1) is 5.92 Å². The minimum Gasteiger partial charge on any atom is -0.436 e. The maximum atomic E-state index is 12.6. The topological polar surface area (TPSA) is 58.6 Å². The molecule has 26 heavy (non-hydrogen) atoms. The monoisotopic (exact) mass is 352 g/mol. The van der Waals surface area contributed by atoms with Crippen molar-refractivity contribution in [2.75, 3.05) is 31.1 Å². The summed E-state index contributed by atoms with van der Waals surface area (Å²) in [5.74, 6) is 2.49. The van der Waals surface area contributed by atoms with Gasteiger partial charge in [0.05, 0.1) is 0 Å². The highest BCUT2D eigenvalue weighted by Crippen LogP contribution is 2.31. The molecular weight excluding hydrogens is 328 g/mol. The molecule has 2 fully saturated rings. The number of aromatic nitrogens is 2. The Morgan fingerprint density at radius 2 is 1.65 bits per heavy atom. The van der Waals surface area contributed by atoms with Crippen LogP contribution >= 0.6 is 0 Å². The highest BCUT2D eigenvalue weighted by molar-refractivity contribution is 5.79. The molecular formula is C20H24N4O2. The van der Waals surface area contributed by atoms with Gasteiger partial charge in [0.15, 0.2) is 5.82 Å². The molecule has 0 aliphatic carbocycles. The van der Waals surface area contributed by atoms with Gasteiger partial charge in [0.25, 0.3) is 5.88 Å². The molecule has 0 atom stereocenters. The molecule has 0 unspecified atom stereocenters. The average Bonchev–Trinajstić information content (AvgIpc) is 3.24. The molecule has 1 amide bonds. The zero-order valence-electron chi connectivity index (χ0n) is 14.9. The van der Waals surface area contributed by atoms with E-state index in [1.807, 2.05) is 35.2 Å². The van der Waals surface area contributed by atoms with Crippen molar-refractivity contribution in [1.82, 2.24) is 14.9 Å². The fourth-order valence-electron chi connectivity index (χ4n) is 3.74. The van der Waals surface area contributed by atoms with E-state index >= 15 is 0 Å². The summed E-state index contributed by atoms with van der Waals surface area (Å²) in [7, 11) is 0. The predicted molar refractivity (Wildman–Crippen MR) is 99.3 cm³/mol. The Morgan fingerprint density at radius 3 is 2.38 bits per heavy atom. The smallest absolute Gasteiger partial charge is 0.263 e. The minimum absolute atomic E-state index is 0.138. The van der Waals surface area contributed by atoms with Crippen LogP contribution in [-0.2, 0) is 4.79 Å². The van der Waals surface area contributed by atoms with Gasteiger partial charge < -0.3 is 14.5 Å². The van der Waals surface area contributed by atoms with Gasteiger partial charge in [0.2, 0.25) is 5.91 Å². The van der Waals surface area contributed by atoms with Crippen LogP contribution in [0.1, 0.15) is 25.7 Å². The summed E-state index contributed by atoms with van der Waals surface area (Å²) in [6, 6.07) is 9.62. The number of hydrogen-bond acceptors (Lipinski definition) is 5. The van der Waals surface area contributed by atoms with Crippen molar-refractivity contribution in [2.45, 2.75) is 25.7 Å². The molecule has 0 spiro atoms. The Hall–Kier alpha value is -2.63. The van der Waals surface area contributed by atoms with Crippen LogP contribution in [0.25, 0.3) is 0 Å². The third kappa shape index (κ3) is 3.64. The lowest BCUT2D eigenvalue weighted by molar-refractivity contribution is -0.135. The standard InChI is InChI=1S/C20H24N4O2/c25-20(24-12-4-5-13-24)16-8-14-23(15-9-16)18-19(22-11-10-21-18)26-17-6-2-1-3-7-17/h1-3,6-7,10-11,16H,4-5,8-9,12-15H2. The molecule has 0 radical (unpaired) electrons. The second kappa shape index (κ2) is 7.72. The van der Waals surface area contributed by atoms with Crippen LogP contribution < -0.4 is 9.64 Å².